The number of benzene rings is 1. The van der Waals surface area contributed by atoms with Crippen LogP contribution < -0.4 is 4.90 Å². The molecule has 0 aromatic heterocycles. The molecule has 0 saturated heterocycles. The lowest BCUT2D eigenvalue weighted by Gasteiger charge is -2.27. The molecule has 5 nitrogen and oxygen atoms in total. The molecule has 108 valence electrons. The number of carboxylic acids is 1. The fraction of sp³-hybridized carbons (Fsp3) is 0.429. The number of nitrogens with zero attached hydrogens (tertiary/aromatic N) is 2. The Labute approximate surface area is 116 Å². The SMILES string of the molecule is CN(C(=O)N(CC(=O)O)CC1CC1)c1cccc(F)c1. The van der Waals surface area contributed by atoms with Gasteiger partial charge in [0.05, 0.1) is 0 Å². The van der Waals surface area contributed by atoms with Crippen molar-refractivity contribution in [2.75, 3.05) is 25.0 Å². The second kappa shape index (κ2) is 5.90. The number of aliphatic carboxylic acids is 1. The maximum atomic E-state index is 13.2. The highest BCUT2D eigenvalue weighted by molar-refractivity contribution is 5.93. The minimum absolute atomic E-state index is 0.338. The van der Waals surface area contributed by atoms with Gasteiger partial charge in [0.15, 0.2) is 0 Å². The van der Waals surface area contributed by atoms with Gasteiger partial charge in [0, 0.05) is 19.3 Å². The zero-order chi connectivity index (χ0) is 14.7. The minimum atomic E-state index is -1.05. The number of urea groups is 1. The van der Waals surface area contributed by atoms with E-state index in [-0.39, 0.29) is 6.54 Å². The zero-order valence-corrected chi connectivity index (χ0v) is 11.3. The Morgan fingerprint density at radius 2 is 2.10 bits per heavy atom. The van der Waals surface area contributed by atoms with E-state index in [0.29, 0.717) is 18.2 Å². The third-order valence-electron chi connectivity index (χ3n) is 3.25. The van der Waals surface area contributed by atoms with Gasteiger partial charge in [-0.25, -0.2) is 9.18 Å². The van der Waals surface area contributed by atoms with Gasteiger partial charge in [-0.1, -0.05) is 6.07 Å². The molecule has 0 spiro atoms. The summed E-state index contributed by atoms with van der Waals surface area (Å²) in [6.45, 7) is 0.0970. The molecule has 0 radical (unpaired) electrons. The van der Waals surface area contributed by atoms with Crippen LogP contribution in [0.5, 0.6) is 0 Å². The minimum Gasteiger partial charge on any atom is -0.480 e. The fourth-order valence-electron chi connectivity index (χ4n) is 1.99. The maximum Gasteiger partial charge on any atom is 0.324 e. The topological polar surface area (TPSA) is 60.9 Å². The van der Waals surface area contributed by atoms with Crippen molar-refractivity contribution in [2.45, 2.75) is 12.8 Å². The predicted octanol–water partition coefficient (Wildman–Crippen LogP) is 2.18. The van der Waals surface area contributed by atoms with Crippen LogP contribution in [0.15, 0.2) is 24.3 Å². The summed E-state index contributed by atoms with van der Waals surface area (Å²) in [6, 6.07) is 5.23. The number of carbonyl (C=O) groups excluding carboxylic acids is 1. The standard InChI is InChI=1S/C14H17FN2O3/c1-16(12-4-2-3-11(15)7-12)14(20)17(9-13(18)19)8-10-5-6-10/h2-4,7,10H,5-6,8-9H2,1H3,(H,18,19). The lowest BCUT2D eigenvalue weighted by atomic mass is 10.3. The van der Waals surface area contributed by atoms with E-state index in [9.17, 15) is 14.0 Å². The fourth-order valence-corrected chi connectivity index (χ4v) is 1.99. The Kier molecular flexibility index (Phi) is 4.22. The molecule has 20 heavy (non-hydrogen) atoms. The van der Waals surface area contributed by atoms with Crippen molar-refractivity contribution in [1.82, 2.24) is 4.90 Å². The van der Waals surface area contributed by atoms with Gasteiger partial charge in [-0.05, 0) is 37.0 Å². The van der Waals surface area contributed by atoms with E-state index >= 15 is 0 Å². The van der Waals surface area contributed by atoms with Crippen molar-refractivity contribution >= 4 is 17.7 Å². The predicted molar refractivity (Wildman–Crippen MR) is 72.1 cm³/mol. The summed E-state index contributed by atoms with van der Waals surface area (Å²) in [7, 11) is 1.51. The van der Waals surface area contributed by atoms with Crippen LogP contribution in [-0.4, -0.2) is 42.1 Å². The number of amides is 2. The van der Waals surface area contributed by atoms with Crippen molar-refractivity contribution in [3.8, 4) is 0 Å². The summed E-state index contributed by atoms with van der Waals surface area (Å²) in [5, 5.41) is 8.89. The molecular formula is C14H17FN2O3. The summed E-state index contributed by atoms with van der Waals surface area (Å²) in [5.41, 5.74) is 0.404. The van der Waals surface area contributed by atoms with E-state index in [4.69, 9.17) is 5.11 Å². The molecule has 0 aliphatic heterocycles. The van der Waals surface area contributed by atoms with E-state index in [1.165, 1.54) is 35.0 Å². The summed E-state index contributed by atoms with van der Waals surface area (Å²) in [5.74, 6) is -1.10. The molecule has 2 amide bonds. The first-order valence-corrected chi connectivity index (χ1v) is 6.47. The quantitative estimate of drug-likeness (QED) is 0.899. The van der Waals surface area contributed by atoms with Gasteiger partial charge in [0.1, 0.15) is 12.4 Å². The summed E-state index contributed by atoms with van der Waals surface area (Å²) in [4.78, 5) is 25.7. The zero-order valence-electron chi connectivity index (χ0n) is 11.3. The van der Waals surface area contributed by atoms with Crippen molar-refractivity contribution in [3.05, 3.63) is 30.1 Å². The first kappa shape index (κ1) is 14.3. The van der Waals surface area contributed by atoms with E-state index < -0.39 is 17.8 Å². The molecular weight excluding hydrogens is 263 g/mol. The summed E-state index contributed by atoms with van der Waals surface area (Å²) >= 11 is 0. The number of hydrogen-bond donors (Lipinski definition) is 1. The van der Waals surface area contributed by atoms with Crippen LogP contribution >= 0.6 is 0 Å². The van der Waals surface area contributed by atoms with Gasteiger partial charge in [-0.3, -0.25) is 9.69 Å². The van der Waals surface area contributed by atoms with E-state index in [1.807, 2.05) is 0 Å². The van der Waals surface area contributed by atoms with Gasteiger partial charge >= 0.3 is 12.0 Å². The third-order valence-corrected chi connectivity index (χ3v) is 3.25. The Balaban J connectivity index is 2.10. The highest BCUT2D eigenvalue weighted by Crippen LogP contribution is 2.30. The van der Waals surface area contributed by atoms with Crippen molar-refractivity contribution in [3.63, 3.8) is 0 Å². The van der Waals surface area contributed by atoms with Crippen LogP contribution in [0, 0.1) is 11.7 Å². The maximum absolute atomic E-state index is 13.2. The molecule has 0 bridgehead atoms. The lowest BCUT2D eigenvalue weighted by Crippen LogP contribution is -2.44. The molecule has 6 heteroatoms. The molecule has 2 rings (SSSR count). The average molecular weight is 280 g/mol. The number of hydrogen-bond acceptors (Lipinski definition) is 2. The first-order chi connectivity index (χ1) is 9.47. The molecule has 1 aliphatic rings. The lowest BCUT2D eigenvalue weighted by molar-refractivity contribution is -0.137. The number of carboxylic acid groups (broad SMARTS) is 1. The smallest absolute Gasteiger partial charge is 0.324 e. The molecule has 1 N–H and O–H groups in total. The number of rotatable bonds is 5. The molecule has 1 aromatic carbocycles. The van der Waals surface area contributed by atoms with Crippen LogP contribution in [0.25, 0.3) is 0 Å². The number of carbonyl (C=O) groups is 2. The molecule has 0 unspecified atom stereocenters. The van der Waals surface area contributed by atoms with Crippen LogP contribution in [0.1, 0.15) is 12.8 Å². The van der Waals surface area contributed by atoms with Crippen LogP contribution in [-0.2, 0) is 4.79 Å². The summed E-state index contributed by atoms with van der Waals surface area (Å²) < 4.78 is 13.2. The Hall–Kier alpha value is -2.11. The van der Waals surface area contributed by atoms with Crippen molar-refractivity contribution < 1.29 is 19.1 Å². The molecule has 1 fully saturated rings. The Bertz CT molecular complexity index is 517. The third kappa shape index (κ3) is 3.69. The number of anilines is 1. The van der Waals surface area contributed by atoms with Gasteiger partial charge in [0.2, 0.25) is 0 Å². The Morgan fingerprint density at radius 1 is 1.40 bits per heavy atom. The Morgan fingerprint density at radius 3 is 2.65 bits per heavy atom. The second-order valence-electron chi connectivity index (χ2n) is 5.04. The summed E-state index contributed by atoms with van der Waals surface area (Å²) in [6.07, 6.45) is 2.04. The van der Waals surface area contributed by atoms with Gasteiger partial charge in [-0.2, -0.15) is 0 Å². The highest BCUT2D eigenvalue weighted by atomic mass is 19.1. The first-order valence-electron chi connectivity index (χ1n) is 6.47. The van der Waals surface area contributed by atoms with Crippen LogP contribution in [0.3, 0.4) is 0 Å². The molecule has 0 heterocycles. The second-order valence-corrected chi connectivity index (χ2v) is 5.04. The van der Waals surface area contributed by atoms with Gasteiger partial charge in [0.25, 0.3) is 0 Å². The van der Waals surface area contributed by atoms with Gasteiger partial charge in [-0.15, -0.1) is 0 Å². The largest absolute Gasteiger partial charge is 0.480 e. The molecule has 1 aliphatic carbocycles. The van der Waals surface area contributed by atoms with Gasteiger partial charge < -0.3 is 10.0 Å². The van der Waals surface area contributed by atoms with E-state index in [2.05, 4.69) is 0 Å². The molecule has 0 atom stereocenters. The van der Waals surface area contributed by atoms with E-state index in [0.717, 1.165) is 12.8 Å². The molecule has 1 saturated carbocycles. The van der Waals surface area contributed by atoms with Crippen LogP contribution in [0.4, 0.5) is 14.9 Å². The monoisotopic (exact) mass is 280 g/mol. The van der Waals surface area contributed by atoms with E-state index in [1.54, 1.807) is 6.07 Å². The van der Waals surface area contributed by atoms with Crippen LogP contribution in [0.2, 0.25) is 0 Å². The average Bonchev–Trinajstić information content (AvgIpc) is 3.19. The number of halogens is 1. The highest BCUT2D eigenvalue weighted by Gasteiger charge is 2.29. The van der Waals surface area contributed by atoms with Crippen molar-refractivity contribution in [2.24, 2.45) is 5.92 Å². The van der Waals surface area contributed by atoms with Crippen molar-refractivity contribution in [1.29, 1.82) is 0 Å². The normalized spacial score (nSPS) is 13.9. The molecule has 1 aromatic rings.